The molecular formula is C24H33N5OS. The number of nitrogens with zero attached hydrogens (tertiary/aromatic N) is 3. The van der Waals surface area contributed by atoms with Gasteiger partial charge in [-0.1, -0.05) is 43.2 Å². The second-order valence-corrected chi connectivity index (χ2v) is 9.57. The van der Waals surface area contributed by atoms with Crippen molar-refractivity contribution in [1.29, 1.82) is 0 Å². The lowest BCUT2D eigenvalue weighted by molar-refractivity contribution is -0.134. The van der Waals surface area contributed by atoms with Crippen molar-refractivity contribution in [2.24, 2.45) is 10.9 Å². The minimum atomic E-state index is 0.255. The van der Waals surface area contributed by atoms with Crippen LogP contribution in [0.2, 0.25) is 0 Å². The number of carbonyl (C=O) groups excluding carboxylic acids is 1. The Morgan fingerprint density at radius 3 is 2.74 bits per heavy atom. The first-order valence-electron chi connectivity index (χ1n) is 11.5. The third-order valence-electron chi connectivity index (χ3n) is 6.18. The quantitative estimate of drug-likeness (QED) is 0.528. The predicted octanol–water partition coefficient (Wildman–Crippen LogP) is 3.96. The number of benzene rings is 1. The van der Waals surface area contributed by atoms with E-state index < -0.39 is 0 Å². The van der Waals surface area contributed by atoms with E-state index in [-0.39, 0.29) is 12.0 Å². The molecule has 2 aromatic rings. The van der Waals surface area contributed by atoms with E-state index in [0.29, 0.717) is 12.5 Å². The Balaban J connectivity index is 1.37. The molecule has 1 amide bonds. The van der Waals surface area contributed by atoms with Gasteiger partial charge in [0, 0.05) is 42.0 Å². The highest BCUT2D eigenvalue weighted by Gasteiger charge is 2.32. The molecule has 4 rings (SSSR count). The van der Waals surface area contributed by atoms with E-state index in [1.54, 1.807) is 11.3 Å². The van der Waals surface area contributed by atoms with Crippen molar-refractivity contribution in [3.05, 3.63) is 40.9 Å². The Hall–Kier alpha value is -2.41. The van der Waals surface area contributed by atoms with Crippen LogP contribution < -0.4 is 10.6 Å². The molecule has 1 unspecified atom stereocenters. The van der Waals surface area contributed by atoms with Gasteiger partial charge in [0.1, 0.15) is 5.01 Å². The number of aryl methyl sites for hydroxylation is 1. The van der Waals surface area contributed by atoms with Crippen molar-refractivity contribution in [3.63, 3.8) is 0 Å². The maximum Gasteiger partial charge on any atom is 0.225 e. The fourth-order valence-corrected chi connectivity index (χ4v) is 5.44. The van der Waals surface area contributed by atoms with Crippen LogP contribution in [-0.2, 0) is 11.3 Å². The summed E-state index contributed by atoms with van der Waals surface area (Å²) in [5, 5.41) is 7.95. The van der Waals surface area contributed by atoms with Crippen LogP contribution in [0.4, 0.5) is 0 Å². The Labute approximate surface area is 189 Å². The van der Waals surface area contributed by atoms with Gasteiger partial charge in [-0.25, -0.2) is 9.98 Å². The topological polar surface area (TPSA) is 69.6 Å². The summed E-state index contributed by atoms with van der Waals surface area (Å²) in [4.78, 5) is 25.5. The van der Waals surface area contributed by atoms with Gasteiger partial charge in [-0.2, -0.15) is 0 Å². The number of thiazole rings is 1. The highest BCUT2D eigenvalue weighted by atomic mass is 32.1. The number of amides is 1. The number of rotatable bonds is 6. The van der Waals surface area contributed by atoms with Crippen molar-refractivity contribution in [2.45, 2.75) is 58.5 Å². The summed E-state index contributed by atoms with van der Waals surface area (Å²) in [5.74, 6) is 1.43. The summed E-state index contributed by atoms with van der Waals surface area (Å²) < 4.78 is 0. The molecule has 0 spiro atoms. The molecule has 0 bridgehead atoms. The smallest absolute Gasteiger partial charge is 0.225 e. The molecule has 0 radical (unpaired) electrons. The fraction of sp³-hybridized carbons (Fsp3) is 0.542. The standard InChI is InChI=1S/C24H33N5OS/c1-3-25-24(28-20-13-14-29(16-20)23(30)19-11-7-8-12-19)26-15-21-17(2)27-22(31-21)18-9-5-4-6-10-18/h4-6,9-10,19-20H,3,7-8,11-16H2,1-2H3,(H2,25,26,28). The van der Waals surface area contributed by atoms with Gasteiger partial charge >= 0.3 is 0 Å². The van der Waals surface area contributed by atoms with Crippen LogP contribution in [0.1, 0.15) is 49.6 Å². The monoisotopic (exact) mass is 439 g/mol. The molecule has 1 aliphatic heterocycles. The number of likely N-dealkylation sites (tertiary alicyclic amines) is 1. The van der Waals surface area contributed by atoms with E-state index >= 15 is 0 Å². The molecule has 1 aliphatic carbocycles. The highest BCUT2D eigenvalue weighted by Crippen LogP contribution is 2.29. The second-order valence-electron chi connectivity index (χ2n) is 8.48. The molecule has 7 heteroatoms. The number of carbonyl (C=O) groups is 1. The van der Waals surface area contributed by atoms with Gasteiger partial charge in [0.2, 0.25) is 5.91 Å². The zero-order chi connectivity index (χ0) is 21.6. The fourth-order valence-electron chi connectivity index (χ4n) is 4.45. The molecule has 6 nitrogen and oxygen atoms in total. The number of hydrogen-bond donors (Lipinski definition) is 2. The molecule has 166 valence electrons. The largest absolute Gasteiger partial charge is 0.357 e. The van der Waals surface area contributed by atoms with E-state index in [2.05, 4.69) is 41.5 Å². The first kappa shape index (κ1) is 21.8. The summed E-state index contributed by atoms with van der Waals surface area (Å²) in [6.45, 7) is 7.16. The molecule has 1 atom stereocenters. The third-order valence-corrected chi connectivity index (χ3v) is 7.37. The van der Waals surface area contributed by atoms with Crippen LogP contribution in [0.25, 0.3) is 10.6 Å². The lowest BCUT2D eigenvalue weighted by atomic mass is 10.1. The minimum absolute atomic E-state index is 0.255. The average molecular weight is 440 g/mol. The predicted molar refractivity (Wildman–Crippen MR) is 127 cm³/mol. The van der Waals surface area contributed by atoms with Crippen molar-refractivity contribution < 1.29 is 4.79 Å². The van der Waals surface area contributed by atoms with E-state index in [1.807, 2.05) is 18.2 Å². The van der Waals surface area contributed by atoms with Crippen LogP contribution in [-0.4, -0.2) is 47.4 Å². The summed E-state index contributed by atoms with van der Waals surface area (Å²) in [6, 6.07) is 10.5. The lowest BCUT2D eigenvalue weighted by Crippen LogP contribution is -2.45. The van der Waals surface area contributed by atoms with Gasteiger partial charge in [0.05, 0.1) is 12.2 Å². The molecule has 2 aliphatic rings. The molecule has 1 saturated carbocycles. The van der Waals surface area contributed by atoms with E-state index in [4.69, 9.17) is 9.98 Å². The number of hydrogen-bond acceptors (Lipinski definition) is 4. The second kappa shape index (κ2) is 10.3. The number of aliphatic imine (C=N–C) groups is 1. The molecular weight excluding hydrogens is 406 g/mol. The Morgan fingerprint density at radius 1 is 1.23 bits per heavy atom. The maximum absolute atomic E-state index is 12.7. The van der Waals surface area contributed by atoms with Gasteiger partial charge in [-0.15, -0.1) is 11.3 Å². The zero-order valence-corrected chi connectivity index (χ0v) is 19.4. The van der Waals surface area contributed by atoms with Gasteiger partial charge in [-0.3, -0.25) is 4.79 Å². The molecule has 31 heavy (non-hydrogen) atoms. The van der Waals surface area contributed by atoms with Gasteiger partial charge in [0.15, 0.2) is 5.96 Å². The normalized spacial score (nSPS) is 19.7. The molecule has 2 N–H and O–H groups in total. The van der Waals surface area contributed by atoms with E-state index in [0.717, 1.165) is 61.1 Å². The Bertz CT molecular complexity index is 904. The maximum atomic E-state index is 12.7. The summed E-state index contributed by atoms with van der Waals surface area (Å²) in [7, 11) is 0. The Kier molecular flexibility index (Phi) is 7.22. The van der Waals surface area contributed by atoms with E-state index in [1.165, 1.54) is 17.7 Å². The van der Waals surface area contributed by atoms with Crippen molar-refractivity contribution in [2.75, 3.05) is 19.6 Å². The van der Waals surface area contributed by atoms with Crippen LogP contribution in [0, 0.1) is 12.8 Å². The molecule has 1 saturated heterocycles. The first-order valence-corrected chi connectivity index (χ1v) is 12.3. The lowest BCUT2D eigenvalue weighted by Gasteiger charge is -2.21. The van der Waals surface area contributed by atoms with Crippen LogP contribution in [0.3, 0.4) is 0 Å². The molecule has 2 heterocycles. The third kappa shape index (κ3) is 5.45. The Morgan fingerprint density at radius 2 is 2.00 bits per heavy atom. The van der Waals surface area contributed by atoms with Crippen molar-refractivity contribution in [3.8, 4) is 10.6 Å². The number of aromatic nitrogens is 1. The van der Waals surface area contributed by atoms with Crippen molar-refractivity contribution in [1.82, 2.24) is 20.5 Å². The summed E-state index contributed by atoms with van der Waals surface area (Å²) >= 11 is 1.71. The first-order chi connectivity index (χ1) is 15.1. The number of guanidine groups is 1. The average Bonchev–Trinajstić information content (AvgIpc) is 3.54. The minimum Gasteiger partial charge on any atom is -0.357 e. The van der Waals surface area contributed by atoms with E-state index in [9.17, 15) is 4.79 Å². The zero-order valence-electron chi connectivity index (χ0n) is 18.6. The van der Waals surface area contributed by atoms with Gasteiger partial charge in [-0.05, 0) is 33.1 Å². The van der Waals surface area contributed by atoms with Gasteiger partial charge < -0.3 is 15.5 Å². The van der Waals surface area contributed by atoms with Crippen LogP contribution in [0.5, 0.6) is 0 Å². The van der Waals surface area contributed by atoms with Crippen LogP contribution in [0.15, 0.2) is 35.3 Å². The molecule has 2 fully saturated rings. The van der Waals surface area contributed by atoms with Crippen molar-refractivity contribution >= 4 is 23.2 Å². The molecule has 1 aromatic heterocycles. The highest BCUT2D eigenvalue weighted by molar-refractivity contribution is 7.15. The number of nitrogens with one attached hydrogen (secondary N) is 2. The molecule has 1 aromatic carbocycles. The summed E-state index contributed by atoms with van der Waals surface area (Å²) in [6.07, 6.45) is 5.51. The summed E-state index contributed by atoms with van der Waals surface area (Å²) in [5.41, 5.74) is 2.19. The van der Waals surface area contributed by atoms with Gasteiger partial charge in [0.25, 0.3) is 0 Å². The SMILES string of the molecule is CCNC(=NCc1sc(-c2ccccc2)nc1C)NC1CCN(C(=O)C2CCCC2)C1. The van der Waals surface area contributed by atoms with Crippen LogP contribution >= 0.6 is 11.3 Å².